The lowest BCUT2D eigenvalue weighted by Crippen LogP contribution is -2.39. The van der Waals surface area contributed by atoms with Crippen molar-refractivity contribution < 1.29 is 0 Å². The molecule has 0 spiro atoms. The highest BCUT2D eigenvalue weighted by Gasteiger charge is 2.23. The molecule has 0 amide bonds. The van der Waals surface area contributed by atoms with Gasteiger partial charge in [0.05, 0.1) is 0 Å². The summed E-state index contributed by atoms with van der Waals surface area (Å²) in [5.74, 6) is 0. The number of nitrogens with zero attached hydrogens (tertiary/aromatic N) is 1. The van der Waals surface area contributed by atoms with Crippen molar-refractivity contribution >= 4 is 0 Å². The molecule has 0 rings (SSSR count). The number of rotatable bonds is 9. The minimum atomic E-state index is 0.386. The van der Waals surface area contributed by atoms with Gasteiger partial charge in [-0.3, -0.25) is 0 Å². The molecule has 2 heteroatoms. The van der Waals surface area contributed by atoms with Crippen LogP contribution in [-0.2, 0) is 0 Å². The van der Waals surface area contributed by atoms with Gasteiger partial charge in [0.25, 0.3) is 0 Å². The van der Waals surface area contributed by atoms with Crippen molar-refractivity contribution in [2.24, 2.45) is 5.41 Å². The van der Waals surface area contributed by atoms with E-state index in [9.17, 15) is 0 Å². The number of unbranched alkanes of at least 4 members (excludes halogenated alkanes) is 2. The van der Waals surface area contributed by atoms with Crippen LogP contribution in [-0.4, -0.2) is 37.6 Å². The molecule has 0 saturated heterocycles. The Kier molecular flexibility index (Phi) is 8.89. The molecule has 0 aliphatic heterocycles. The molecule has 104 valence electrons. The predicted octanol–water partition coefficient (Wildman–Crippen LogP) is 3.52. The zero-order valence-electron chi connectivity index (χ0n) is 13.0. The molecule has 0 aromatic rings. The molecular formula is C15H34N2. The van der Waals surface area contributed by atoms with Crippen LogP contribution >= 0.6 is 0 Å². The highest BCUT2D eigenvalue weighted by Crippen LogP contribution is 2.23. The lowest BCUT2D eigenvalue weighted by atomic mass is 9.87. The fourth-order valence-electron chi connectivity index (χ4n) is 1.94. The molecule has 2 nitrogen and oxygen atoms in total. The highest BCUT2D eigenvalue weighted by molar-refractivity contribution is 4.77. The maximum Gasteiger partial charge on any atom is 0.0112 e. The fraction of sp³-hybridized carbons (Fsp3) is 1.00. The molecule has 0 aliphatic rings. The smallest absolute Gasteiger partial charge is 0.0112 e. The Morgan fingerprint density at radius 1 is 1.06 bits per heavy atom. The Labute approximate surface area is 109 Å². The van der Waals surface area contributed by atoms with E-state index in [1.807, 2.05) is 0 Å². The van der Waals surface area contributed by atoms with Crippen LogP contribution in [0.2, 0.25) is 0 Å². The molecule has 1 unspecified atom stereocenters. The molecule has 0 aromatic heterocycles. The van der Waals surface area contributed by atoms with E-state index in [0.29, 0.717) is 11.5 Å². The number of hydrogen-bond donors (Lipinski definition) is 1. The Morgan fingerprint density at radius 3 is 2.24 bits per heavy atom. The molecular weight excluding hydrogens is 208 g/mol. The first-order valence-electron chi connectivity index (χ1n) is 7.30. The first-order chi connectivity index (χ1) is 7.89. The van der Waals surface area contributed by atoms with E-state index in [2.05, 4.69) is 51.9 Å². The van der Waals surface area contributed by atoms with Gasteiger partial charge in [-0.15, -0.1) is 0 Å². The van der Waals surface area contributed by atoms with Crippen molar-refractivity contribution in [1.82, 2.24) is 10.2 Å². The summed E-state index contributed by atoms with van der Waals surface area (Å²) in [5, 5.41) is 3.46. The molecule has 0 saturated carbocycles. The van der Waals surface area contributed by atoms with Crippen molar-refractivity contribution in [3.8, 4) is 0 Å². The molecule has 17 heavy (non-hydrogen) atoms. The van der Waals surface area contributed by atoms with Gasteiger partial charge in [-0.1, -0.05) is 34.1 Å². The molecule has 0 heterocycles. The van der Waals surface area contributed by atoms with Crippen LogP contribution in [0.15, 0.2) is 0 Å². The first kappa shape index (κ1) is 16.9. The third-order valence-corrected chi connectivity index (χ3v) is 3.71. The quantitative estimate of drug-likeness (QED) is 0.622. The van der Waals surface area contributed by atoms with Crippen LogP contribution in [0.4, 0.5) is 0 Å². The van der Waals surface area contributed by atoms with Crippen LogP contribution in [0.1, 0.15) is 60.3 Å². The van der Waals surface area contributed by atoms with Crippen LogP contribution < -0.4 is 5.32 Å². The van der Waals surface area contributed by atoms with Gasteiger partial charge in [-0.2, -0.15) is 0 Å². The Hall–Kier alpha value is -0.0800. The van der Waals surface area contributed by atoms with Crippen molar-refractivity contribution in [2.45, 2.75) is 66.3 Å². The summed E-state index contributed by atoms with van der Waals surface area (Å²) < 4.78 is 0. The van der Waals surface area contributed by atoms with Gasteiger partial charge < -0.3 is 10.2 Å². The molecule has 1 N–H and O–H groups in total. The van der Waals surface area contributed by atoms with E-state index < -0.39 is 0 Å². The van der Waals surface area contributed by atoms with Crippen molar-refractivity contribution in [2.75, 3.05) is 26.7 Å². The van der Waals surface area contributed by atoms with Crippen molar-refractivity contribution in [3.63, 3.8) is 0 Å². The van der Waals surface area contributed by atoms with E-state index in [0.717, 1.165) is 0 Å². The third-order valence-electron chi connectivity index (χ3n) is 3.71. The van der Waals surface area contributed by atoms with Gasteiger partial charge in [0, 0.05) is 6.04 Å². The van der Waals surface area contributed by atoms with Gasteiger partial charge in [0.2, 0.25) is 0 Å². The molecule has 0 bridgehead atoms. The minimum absolute atomic E-state index is 0.386. The van der Waals surface area contributed by atoms with Crippen molar-refractivity contribution in [1.29, 1.82) is 0 Å². The SMILES string of the molecule is CCCNCCCCCN(C)C(C)C(C)(C)C. The van der Waals surface area contributed by atoms with E-state index in [1.54, 1.807) is 0 Å². The number of nitrogens with one attached hydrogen (secondary N) is 1. The molecule has 0 aromatic carbocycles. The highest BCUT2D eigenvalue weighted by atomic mass is 15.1. The summed E-state index contributed by atoms with van der Waals surface area (Å²) >= 11 is 0. The van der Waals surface area contributed by atoms with Gasteiger partial charge in [-0.25, -0.2) is 0 Å². The predicted molar refractivity (Wildman–Crippen MR) is 78.6 cm³/mol. The average molecular weight is 242 g/mol. The fourth-order valence-corrected chi connectivity index (χ4v) is 1.94. The Bertz CT molecular complexity index is 172. The number of hydrogen-bond acceptors (Lipinski definition) is 2. The lowest BCUT2D eigenvalue weighted by molar-refractivity contribution is 0.139. The standard InChI is InChI=1S/C15H34N2/c1-7-11-16-12-9-8-10-13-17(6)14(2)15(3,4)5/h14,16H,7-13H2,1-6H3. The maximum absolute atomic E-state index is 3.46. The van der Waals surface area contributed by atoms with Gasteiger partial charge >= 0.3 is 0 Å². The maximum atomic E-state index is 3.46. The monoisotopic (exact) mass is 242 g/mol. The summed E-state index contributed by atoms with van der Waals surface area (Å²) in [4.78, 5) is 2.50. The molecule has 0 aliphatic carbocycles. The van der Waals surface area contributed by atoms with Crippen LogP contribution in [0.3, 0.4) is 0 Å². The lowest BCUT2D eigenvalue weighted by Gasteiger charge is -2.35. The zero-order chi connectivity index (χ0) is 13.3. The van der Waals surface area contributed by atoms with Crippen LogP contribution in [0.5, 0.6) is 0 Å². The van der Waals surface area contributed by atoms with Crippen LogP contribution in [0.25, 0.3) is 0 Å². The minimum Gasteiger partial charge on any atom is -0.317 e. The topological polar surface area (TPSA) is 15.3 Å². The van der Waals surface area contributed by atoms with Gasteiger partial charge in [0.1, 0.15) is 0 Å². The summed E-state index contributed by atoms with van der Waals surface area (Å²) in [6.07, 6.45) is 5.23. The van der Waals surface area contributed by atoms with E-state index in [-0.39, 0.29) is 0 Å². The summed E-state index contributed by atoms with van der Waals surface area (Å²) in [6, 6.07) is 0.653. The Balaban J connectivity index is 3.48. The zero-order valence-corrected chi connectivity index (χ0v) is 13.0. The second-order valence-corrected chi connectivity index (χ2v) is 6.33. The summed E-state index contributed by atoms with van der Waals surface area (Å²) in [7, 11) is 2.26. The van der Waals surface area contributed by atoms with Gasteiger partial charge in [0.15, 0.2) is 0 Å². The second kappa shape index (κ2) is 8.93. The largest absolute Gasteiger partial charge is 0.317 e. The van der Waals surface area contributed by atoms with Crippen LogP contribution in [0, 0.1) is 5.41 Å². The van der Waals surface area contributed by atoms with Gasteiger partial charge in [-0.05, 0) is 58.3 Å². The van der Waals surface area contributed by atoms with Crippen molar-refractivity contribution in [3.05, 3.63) is 0 Å². The second-order valence-electron chi connectivity index (χ2n) is 6.33. The normalized spacial score (nSPS) is 14.3. The summed E-state index contributed by atoms with van der Waals surface area (Å²) in [5.41, 5.74) is 0.386. The average Bonchev–Trinajstić information content (AvgIpc) is 2.25. The van der Waals surface area contributed by atoms with E-state index in [1.165, 1.54) is 45.3 Å². The third kappa shape index (κ3) is 8.62. The van der Waals surface area contributed by atoms with E-state index >= 15 is 0 Å². The molecule has 0 fully saturated rings. The van der Waals surface area contributed by atoms with E-state index in [4.69, 9.17) is 0 Å². The summed E-state index contributed by atoms with van der Waals surface area (Å²) in [6.45, 7) is 15.1. The first-order valence-corrected chi connectivity index (χ1v) is 7.30. The Morgan fingerprint density at radius 2 is 1.71 bits per heavy atom. The molecule has 0 radical (unpaired) electrons. The molecule has 1 atom stereocenters.